The fraction of sp³-hybridized carbons (Fsp3) is 0.0566. The van der Waals surface area contributed by atoms with Gasteiger partial charge in [-0.25, -0.2) is 0 Å². The summed E-state index contributed by atoms with van der Waals surface area (Å²) >= 11 is 0. The first-order valence-corrected chi connectivity index (χ1v) is 19.3. The first-order chi connectivity index (χ1) is 28.5. The Labute approximate surface area is 339 Å². The van der Waals surface area contributed by atoms with Crippen molar-refractivity contribution in [1.82, 2.24) is 4.57 Å². The fourth-order valence-corrected chi connectivity index (χ4v) is 7.25. The van der Waals surface area contributed by atoms with E-state index in [2.05, 4.69) is 121 Å². The molecule has 5 heteroatoms. The molecule has 58 heavy (non-hydrogen) atoms. The van der Waals surface area contributed by atoms with E-state index in [4.69, 9.17) is 14.5 Å². The van der Waals surface area contributed by atoms with Crippen molar-refractivity contribution in [2.75, 3.05) is 0 Å². The highest BCUT2D eigenvalue weighted by atomic mass is 16.6. The number of allylic oxidation sites excluding steroid dienone is 2. The highest BCUT2D eigenvalue weighted by Gasteiger charge is 2.26. The Hall–Kier alpha value is -7.50. The molecule has 0 spiro atoms. The molecule has 9 rings (SSSR count). The number of aryl methyl sites for hydroxylation is 1. The van der Waals surface area contributed by atoms with E-state index >= 15 is 0 Å². The Morgan fingerprint density at radius 1 is 0.655 bits per heavy atom. The van der Waals surface area contributed by atoms with Gasteiger partial charge in [-0.1, -0.05) is 140 Å². The minimum atomic E-state index is 0.625. The van der Waals surface area contributed by atoms with Crippen LogP contribution in [0.3, 0.4) is 0 Å². The predicted octanol–water partition coefficient (Wildman–Crippen LogP) is 14.1. The first-order valence-electron chi connectivity index (χ1n) is 19.3. The molecule has 1 aliphatic rings. The van der Waals surface area contributed by atoms with Gasteiger partial charge in [0.05, 0.1) is 23.5 Å². The molecule has 0 radical (unpaired) electrons. The van der Waals surface area contributed by atoms with Gasteiger partial charge in [-0.2, -0.15) is 0 Å². The van der Waals surface area contributed by atoms with Crippen LogP contribution in [0.2, 0.25) is 0 Å². The molecule has 0 N–H and O–H groups in total. The lowest BCUT2D eigenvalue weighted by atomic mass is 10.0. The number of aromatic nitrogens is 1. The third-order valence-corrected chi connectivity index (χ3v) is 10.0. The number of hydrogen-bond donors (Lipinski definition) is 0. The zero-order chi connectivity index (χ0) is 39.8. The fourth-order valence-electron chi connectivity index (χ4n) is 7.25. The number of aliphatic imine (C=N–C) groups is 2. The largest absolute Gasteiger partial charge is 0.449 e. The monoisotopic (exact) mass is 753 g/mol. The highest BCUT2D eigenvalue weighted by molar-refractivity contribution is 6.14. The summed E-state index contributed by atoms with van der Waals surface area (Å²) in [5.74, 6) is 2.90. The van der Waals surface area contributed by atoms with Gasteiger partial charge in [0.1, 0.15) is 5.52 Å². The van der Waals surface area contributed by atoms with Gasteiger partial charge in [0.15, 0.2) is 23.0 Å². The molecular formula is C53H43N3O2. The van der Waals surface area contributed by atoms with Crippen LogP contribution in [-0.4, -0.2) is 17.0 Å². The van der Waals surface area contributed by atoms with Crippen molar-refractivity contribution < 1.29 is 9.47 Å². The second-order valence-electron chi connectivity index (χ2n) is 13.9. The Bertz CT molecular complexity index is 2850. The summed E-state index contributed by atoms with van der Waals surface area (Å²) in [6, 6.07) is 55.4. The average molecular weight is 754 g/mol. The van der Waals surface area contributed by atoms with E-state index in [-0.39, 0.29) is 0 Å². The molecule has 0 fully saturated rings. The van der Waals surface area contributed by atoms with Crippen LogP contribution < -0.4 is 9.47 Å². The van der Waals surface area contributed by atoms with Crippen LogP contribution >= 0.6 is 0 Å². The maximum Gasteiger partial charge on any atom is 0.194 e. The molecule has 5 nitrogen and oxygen atoms in total. The average Bonchev–Trinajstić information content (AvgIpc) is 3.60. The molecule has 282 valence electrons. The van der Waals surface area contributed by atoms with Gasteiger partial charge in [0, 0.05) is 27.6 Å². The van der Waals surface area contributed by atoms with Crippen LogP contribution in [0.5, 0.6) is 23.0 Å². The lowest BCUT2D eigenvalue weighted by Gasteiger charge is -2.22. The lowest BCUT2D eigenvalue weighted by molar-refractivity contribution is 0.362. The van der Waals surface area contributed by atoms with E-state index in [1.165, 1.54) is 11.1 Å². The predicted molar refractivity (Wildman–Crippen MR) is 244 cm³/mol. The first kappa shape index (κ1) is 37.4. The van der Waals surface area contributed by atoms with E-state index in [0.29, 0.717) is 12.3 Å². The second kappa shape index (κ2) is 17.1. The summed E-state index contributed by atoms with van der Waals surface area (Å²) in [6.07, 6.45) is 8.10. The van der Waals surface area contributed by atoms with Gasteiger partial charge >= 0.3 is 0 Å². The van der Waals surface area contributed by atoms with Gasteiger partial charge in [-0.3, -0.25) is 9.98 Å². The quantitative estimate of drug-likeness (QED) is 0.138. The molecule has 0 unspecified atom stereocenters. The molecular weight excluding hydrogens is 711 g/mol. The maximum absolute atomic E-state index is 6.44. The minimum absolute atomic E-state index is 0.625. The summed E-state index contributed by atoms with van der Waals surface area (Å²) in [5, 5.41) is 2.26. The summed E-state index contributed by atoms with van der Waals surface area (Å²) in [7, 11) is 0. The number of nitrogens with zero attached hydrogens (tertiary/aromatic N) is 3. The molecule has 7 aromatic carbocycles. The van der Waals surface area contributed by atoms with E-state index in [9.17, 15) is 0 Å². The second-order valence-corrected chi connectivity index (χ2v) is 13.9. The van der Waals surface area contributed by atoms with Crippen LogP contribution in [0.1, 0.15) is 40.3 Å². The van der Waals surface area contributed by atoms with Crippen LogP contribution in [0.25, 0.3) is 45.3 Å². The molecule has 0 bridgehead atoms. The van der Waals surface area contributed by atoms with Crippen LogP contribution in [0, 0.1) is 6.92 Å². The summed E-state index contributed by atoms with van der Waals surface area (Å²) in [5.41, 5.74) is 11.6. The number of ether oxygens (including phenoxy) is 2. The van der Waals surface area contributed by atoms with Gasteiger partial charge < -0.3 is 14.0 Å². The molecule has 0 atom stereocenters. The van der Waals surface area contributed by atoms with Crippen LogP contribution in [-0.2, 0) is 6.54 Å². The van der Waals surface area contributed by atoms with Crippen molar-refractivity contribution >= 4 is 52.1 Å². The number of hydrogen-bond acceptors (Lipinski definition) is 4. The number of fused-ring (bicyclic) bond motifs is 6. The molecule has 0 aliphatic carbocycles. The van der Waals surface area contributed by atoms with Gasteiger partial charge in [0.25, 0.3) is 0 Å². The van der Waals surface area contributed by atoms with Crippen LogP contribution in [0.15, 0.2) is 193 Å². The zero-order valence-electron chi connectivity index (χ0n) is 32.7. The van der Waals surface area contributed by atoms with Gasteiger partial charge in [-0.15, -0.1) is 0 Å². The highest BCUT2D eigenvalue weighted by Crippen LogP contribution is 2.51. The van der Waals surface area contributed by atoms with E-state index in [1.807, 2.05) is 104 Å². The van der Waals surface area contributed by atoms with E-state index in [0.717, 1.165) is 78.4 Å². The molecule has 1 aliphatic heterocycles. The topological polar surface area (TPSA) is 48.1 Å². The minimum Gasteiger partial charge on any atom is -0.449 e. The summed E-state index contributed by atoms with van der Waals surface area (Å²) < 4.78 is 14.9. The third-order valence-electron chi connectivity index (χ3n) is 10.0. The van der Waals surface area contributed by atoms with Crippen molar-refractivity contribution in [1.29, 1.82) is 0 Å². The standard InChI is InChI=1S/C29H21NO2.C24H22N2/c1-3-10-20-18-24-23(17-19(20)4-2)22-15-16-27-29(32-26-14-9-8-13-25(26)31-27)28(22)30(24)21-11-6-5-7-12-21;1-19-10-9-15-22(16-19)24(26-18-20-11-5-3-6-12-20)17-23(25-2)21-13-7-4-8-14-21/h3-18H,2H2,1H3;3-17H,2,18H2,1H3/b10-3-;23-17-,26-24?. The number of para-hydroxylation sites is 3. The van der Waals surface area contributed by atoms with Gasteiger partial charge in [-0.05, 0) is 97.9 Å². The van der Waals surface area contributed by atoms with Crippen molar-refractivity contribution in [3.63, 3.8) is 0 Å². The Morgan fingerprint density at radius 3 is 2.02 bits per heavy atom. The van der Waals surface area contributed by atoms with Crippen LogP contribution in [0.4, 0.5) is 0 Å². The van der Waals surface area contributed by atoms with Crippen molar-refractivity contribution in [3.8, 4) is 28.7 Å². The third kappa shape index (κ3) is 7.79. The Kier molecular flexibility index (Phi) is 11.0. The van der Waals surface area contributed by atoms with E-state index in [1.54, 1.807) is 0 Å². The Balaban J connectivity index is 0.000000166. The number of benzene rings is 7. The summed E-state index contributed by atoms with van der Waals surface area (Å²) in [4.78, 5) is 9.10. The lowest BCUT2D eigenvalue weighted by Crippen LogP contribution is -2.02. The van der Waals surface area contributed by atoms with Gasteiger partial charge in [0.2, 0.25) is 0 Å². The van der Waals surface area contributed by atoms with Crippen molar-refractivity contribution in [2.45, 2.75) is 20.4 Å². The normalized spacial score (nSPS) is 12.2. The van der Waals surface area contributed by atoms with Crippen molar-refractivity contribution in [2.24, 2.45) is 9.98 Å². The molecule has 2 heterocycles. The maximum atomic E-state index is 6.44. The van der Waals surface area contributed by atoms with Crippen molar-refractivity contribution in [3.05, 3.63) is 216 Å². The molecule has 1 aromatic heterocycles. The molecule has 8 aromatic rings. The van der Waals surface area contributed by atoms with E-state index < -0.39 is 0 Å². The molecule has 0 saturated heterocycles. The summed E-state index contributed by atoms with van der Waals surface area (Å²) in [6.45, 7) is 12.5. The smallest absolute Gasteiger partial charge is 0.194 e. The Morgan fingerprint density at radius 2 is 1.33 bits per heavy atom. The zero-order valence-corrected chi connectivity index (χ0v) is 32.7. The number of rotatable bonds is 9. The molecule has 0 saturated carbocycles. The SMILES string of the molecule is C=Cc1cc2c3ccc4c(c3n(-c3ccccc3)c2cc1/C=C\C)Oc1ccccc1O4.C=N/C(=C\C(=NCc1ccccc1)c1cccc(C)c1)c1ccccc1. The molecule has 0 amide bonds.